The van der Waals surface area contributed by atoms with E-state index >= 15 is 0 Å². The van der Waals surface area contributed by atoms with E-state index in [0.717, 1.165) is 24.9 Å². The zero-order chi connectivity index (χ0) is 14.2. The third-order valence-corrected chi connectivity index (χ3v) is 3.74. The molecule has 3 amide bonds. The fourth-order valence-electron chi connectivity index (χ4n) is 2.24. The van der Waals surface area contributed by atoms with Crippen LogP contribution in [0.5, 0.6) is 0 Å². The van der Waals surface area contributed by atoms with Crippen molar-refractivity contribution in [3.63, 3.8) is 0 Å². The summed E-state index contributed by atoms with van der Waals surface area (Å²) in [6.07, 6.45) is 2.37. The summed E-state index contributed by atoms with van der Waals surface area (Å²) < 4.78 is 0. The second kappa shape index (κ2) is 5.91. The van der Waals surface area contributed by atoms with Crippen molar-refractivity contribution in [3.05, 3.63) is 24.3 Å². The molecule has 0 spiro atoms. The van der Waals surface area contributed by atoms with Crippen LogP contribution in [0.25, 0.3) is 0 Å². The molecule has 1 saturated heterocycles. The number of hydrogen-bond acceptors (Lipinski definition) is 3. The second-order valence-corrected chi connectivity index (χ2v) is 5.40. The predicted molar refractivity (Wildman–Crippen MR) is 83.8 cm³/mol. The van der Waals surface area contributed by atoms with Crippen LogP contribution < -0.4 is 21.3 Å². The van der Waals surface area contributed by atoms with Crippen molar-refractivity contribution in [1.29, 1.82) is 0 Å². The zero-order valence-electron chi connectivity index (χ0n) is 11.6. The van der Waals surface area contributed by atoms with Crippen LogP contribution in [0, 0.1) is 0 Å². The highest BCUT2D eigenvalue weighted by atomic mass is 35.5. The molecular weight excluding hydrogens is 292 g/mol. The van der Waals surface area contributed by atoms with E-state index < -0.39 is 5.54 Å². The van der Waals surface area contributed by atoms with Gasteiger partial charge in [-0.15, -0.1) is 12.4 Å². The first kappa shape index (κ1) is 15.6. The predicted octanol–water partition coefficient (Wildman–Crippen LogP) is 1.46. The highest BCUT2D eigenvalue weighted by Crippen LogP contribution is 2.33. The van der Waals surface area contributed by atoms with Crippen LogP contribution in [-0.2, 0) is 4.79 Å². The molecule has 0 unspecified atom stereocenters. The monoisotopic (exact) mass is 310 g/mol. The number of hydrogen-bond donors (Lipinski definition) is 3. The fraction of sp³-hybridized carbons (Fsp3) is 0.429. The molecule has 2 aliphatic rings. The van der Waals surface area contributed by atoms with Crippen LogP contribution in [-0.4, -0.2) is 30.6 Å². The van der Waals surface area contributed by atoms with Gasteiger partial charge in [0.1, 0.15) is 0 Å². The Labute approximate surface area is 129 Å². The number of benzene rings is 1. The van der Waals surface area contributed by atoms with Gasteiger partial charge >= 0.3 is 6.03 Å². The maximum Gasteiger partial charge on any atom is 0.321 e. The third kappa shape index (κ3) is 3.28. The molecular formula is C14H19ClN4O2. The van der Waals surface area contributed by atoms with Crippen molar-refractivity contribution in [2.45, 2.75) is 24.8 Å². The van der Waals surface area contributed by atoms with E-state index in [2.05, 4.69) is 10.6 Å². The molecule has 4 N–H and O–H groups in total. The molecule has 114 valence electrons. The van der Waals surface area contributed by atoms with E-state index in [0.29, 0.717) is 18.8 Å². The van der Waals surface area contributed by atoms with Crippen molar-refractivity contribution in [2.24, 2.45) is 5.73 Å². The Kier molecular flexibility index (Phi) is 4.39. The molecule has 0 aromatic heterocycles. The van der Waals surface area contributed by atoms with Gasteiger partial charge in [-0.25, -0.2) is 4.79 Å². The minimum Gasteiger partial charge on any atom is -0.338 e. The maximum atomic E-state index is 11.9. The van der Waals surface area contributed by atoms with Gasteiger partial charge in [-0.3, -0.25) is 9.69 Å². The summed E-state index contributed by atoms with van der Waals surface area (Å²) in [4.78, 5) is 25.4. The highest BCUT2D eigenvalue weighted by Gasteiger charge is 2.45. The van der Waals surface area contributed by atoms with E-state index in [9.17, 15) is 9.59 Å². The number of carbonyl (C=O) groups excluding carboxylic acids is 2. The van der Waals surface area contributed by atoms with Gasteiger partial charge in [0.25, 0.3) is 0 Å². The number of rotatable bonds is 3. The highest BCUT2D eigenvalue weighted by molar-refractivity contribution is 6.01. The number of nitrogens with zero attached hydrogens (tertiary/aromatic N) is 1. The van der Waals surface area contributed by atoms with Crippen LogP contribution in [0.15, 0.2) is 24.3 Å². The van der Waals surface area contributed by atoms with Crippen LogP contribution in [0.1, 0.15) is 19.3 Å². The van der Waals surface area contributed by atoms with E-state index in [-0.39, 0.29) is 24.3 Å². The zero-order valence-corrected chi connectivity index (χ0v) is 12.4. The molecule has 1 aliphatic heterocycles. The summed E-state index contributed by atoms with van der Waals surface area (Å²) >= 11 is 0. The van der Waals surface area contributed by atoms with E-state index in [1.54, 1.807) is 17.0 Å². The van der Waals surface area contributed by atoms with Crippen LogP contribution in [0.3, 0.4) is 0 Å². The van der Waals surface area contributed by atoms with Crippen molar-refractivity contribution in [3.8, 4) is 0 Å². The summed E-state index contributed by atoms with van der Waals surface area (Å²) in [6, 6.07) is 7.18. The van der Waals surface area contributed by atoms with E-state index in [1.807, 2.05) is 12.1 Å². The van der Waals surface area contributed by atoms with Gasteiger partial charge in [0.15, 0.2) is 0 Å². The lowest BCUT2D eigenvalue weighted by atomic mass is 10.2. The summed E-state index contributed by atoms with van der Waals surface area (Å²) in [6.45, 7) is 1.39. The average molecular weight is 311 g/mol. The fourth-order valence-corrected chi connectivity index (χ4v) is 2.24. The molecule has 6 nitrogen and oxygen atoms in total. The molecule has 7 heteroatoms. The summed E-state index contributed by atoms with van der Waals surface area (Å²) in [7, 11) is 0. The molecule has 0 atom stereocenters. The Morgan fingerprint density at radius 1 is 1.38 bits per heavy atom. The van der Waals surface area contributed by atoms with Gasteiger partial charge in [0.05, 0.1) is 5.54 Å². The molecule has 2 fully saturated rings. The molecule has 1 aromatic carbocycles. The molecule has 1 heterocycles. The lowest BCUT2D eigenvalue weighted by molar-refractivity contribution is -0.118. The molecule has 21 heavy (non-hydrogen) atoms. The minimum absolute atomic E-state index is 0. The number of anilines is 2. The quantitative estimate of drug-likeness (QED) is 0.790. The lowest BCUT2D eigenvalue weighted by Gasteiger charge is -2.27. The van der Waals surface area contributed by atoms with Gasteiger partial charge in [-0.1, -0.05) is 6.07 Å². The summed E-state index contributed by atoms with van der Waals surface area (Å²) in [5.41, 5.74) is 6.61. The van der Waals surface area contributed by atoms with Gasteiger partial charge < -0.3 is 16.4 Å². The van der Waals surface area contributed by atoms with Crippen LogP contribution >= 0.6 is 12.4 Å². The molecule has 0 radical (unpaired) electrons. The van der Waals surface area contributed by atoms with Crippen LogP contribution in [0.4, 0.5) is 16.2 Å². The van der Waals surface area contributed by atoms with Crippen molar-refractivity contribution in [1.82, 2.24) is 5.32 Å². The van der Waals surface area contributed by atoms with Crippen molar-refractivity contribution < 1.29 is 9.59 Å². The standard InChI is InChI=1S/C14H18N4O2.ClH/c15-14(5-6-14)12(19)17-10-3-1-4-11(9-10)18-8-2-7-16-13(18)20;/h1,3-4,9H,2,5-8,15H2,(H,16,20)(H,17,19);1H. The molecule has 1 saturated carbocycles. The number of carbonyl (C=O) groups is 2. The molecule has 1 aliphatic carbocycles. The third-order valence-electron chi connectivity index (χ3n) is 3.74. The number of halogens is 1. The minimum atomic E-state index is -0.696. The van der Waals surface area contributed by atoms with Crippen molar-refractivity contribution >= 4 is 35.7 Å². The molecule has 0 bridgehead atoms. The average Bonchev–Trinajstić information content (AvgIpc) is 3.19. The second-order valence-electron chi connectivity index (χ2n) is 5.40. The number of amides is 3. The first-order chi connectivity index (χ1) is 9.58. The first-order valence-electron chi connectivity index (χ1n) is 6.84. The number of nitrogens with one attached hydrogen (secondary N) is 2. The Morgan fingerprint density at radius 2 is 2.14 bits per heavy atom. The van der Waals surface area contributed by atoms with Gasteiger partial charge in [-0.2, -0.15) is 0 Å². The normalized spacial score (nSPS) is 19.3. The first-order valence-corrected chi connectivity index (χ1v) is 6.84. The van der Waals surface area contributed by atoms with Gasteiger partial charge in [0.2, 0.25) is 5.91 Å². The number of nitrogens with two attached hydrogens (primary N) is 1. The smallest absolute Gasteiger partial charge is 0.321 e. The summed E-state index contributed by atoms with van der Waals surface area (Å²) in [5.74, 6) is -0.155. The topological polar surface area (TPSA) is 87.5 Å². The number of urea groups is 1. The van der Waals surface area contributed by atoms with Crippen molar-refractivity contribution in [2.75, 3.05) is 23.3 Å². The van der Waals surface area contributed by atoms with E-state index in [4.69, 9.17) is 5.73 Å². The summed E-state index contributed by atoms with van der Waals surface area (Å²) in [5, 5.41) is 5.62. The Balaban J connectivity index is 0.00000161. The van der Waals surface area contributed by atoms with Gasteiger partial charge in [-0.05, 0) is 37.5 Å². The van der Waals surface area contributed by atoms with Crippen LogP contribution in [0.2, 0.25) is 0 Å². The Morgan fingerprint density at radius 3 is 2.81 bits per heavy atom. The largest absolute Gasteiger partial charge is 0.338 e. The lowest BCUT2D eigenvalue weighted by Crippen LogP contribution is -2.46. The Hall–Kier alpha value is -1.79. The molecule has 3 rings (SSSR count). The Bertz CT molecular complexity index is 560. The SMILES string of the molecule is Cl.NC1(C(=O)Nc2cccc(N3CCCNC3=O)c2)CC1. The molecule has 1 aromatic rings. The maximum absolute atomic E-state index is 11.9. The van der Waals surface area contributed by atoms with E-state index in [1.165, 1.54) is 0 Å². The van der Waals surface area contributed by atoms with Gasteiger partial charge in [0, 0.05) is 24.5 Å².